The van der Waals surface area contributed by atoms with E-state index in [1.165, 1.54) is 31.9 Å². The molecule has 104 valence electrons. The number of aromatic nitrogens is 1. The molecule has 0 bridgehead atoms. The molecule has 1 heterocycles. The molecule has 0 aliphatic heterocycles. The lowest BCUT2D eigenvalue weighted by Crippen LogP contribution is -2.18. The van der Waals surface area contributed by atoms with Crippen LogP contribution in [-0.4, -0.2) is 22.7 Å². The van der Waals surface area contributed by atoms with Crippen molar-refractivity contribution in [1.82, 2.24) is 4.98 Å². The second-order valence-corrected chi connectivity index (χ2v) is 5.47. The van der Waals surface area contributed by atoms with Crippen molar-refractivity contribution in [1.29, 1.82) is 0 Å². The van der Waals surface area contributed by atoms with E-state index in [9.17, 15) is 4.79 Å². The summed E-state index contributed by atoms with van der Waals surface area (Å²) >= 11 is 0. The Kier molecular flexibility index (Phi) is 4.91. The standard InChI is InChI=1S/C15H21NO3/c1-11-4-2-5-12(8-11)9-19-10-13-6-3-7-16-14(13)15(17)18/h3,6-7,11-12H,2,4-5,8-10H2,1H3,(H,17,18). The van der Waals surface area contributed by atoms with Crippen LogP contribution in [0.15, 0.2) is 18.3 Å². The summed E-state index contributed by atoms with van der Waals surface area (Å²) in [6.45, 7) is 3.34. The first kappa shape index (κ1) is 14.0. The molecular weight excluding hydrogens is 242 g/mol. The zero-order valence-corrected chi connectivity index (χ0v) is 11.3. The molecule has 0 spiro atoms. The van der Waals surface area contributed by atoms with E-state index in [1.807, 2.05) is 0 Å². The third kappa shape index (κ3) is 4.03. The Morgan fingerprint density at radius 3 is 3.11 bits per heavy atom. The van der Waals surface area contributed by atoms with Gasteiger partial charge in [0, 0.05) is 18.4 Å². The van der Waals surface area contributed by atoms with Crippen LogP contribution in [0.2, 0.25) is 0 Å². The van der Waals surface area contributed by atoms with Gasteiger partial charge >= 0.3 is 5.97 Å². The van der Waals surface area contributed by atoms with Crippen LogP contribution in [0.4, 0.5) is 0 Å². The summed E-state index contributed by atoms with van der Waals surface area (Å²) in [4.78, 5) is 14.9. The molecule has 1 aliphatic carbocycles. The number of carbonyl (C=O) groups is 1. The van der Waals surface area contributed by atoms with E-state index >= 15 is 0 Å². The van der Waals surface area contributed by atoms with Crippen LogP contribution >= 0.6 is 0 Å². The molecule has 0 saturated heterocycles. The molecule has 1 aromatic rings. The molecule has 0 amide bonds. The van der Waals surface area contributed by atoms with Crippen LogP contribution in [0, 0.1) is 11.8 Å². The summed E-state index contributed by atoms with van der Waals surface area (Å²) in [7, 11) is 0. The van der Waals surface area contributed by atoms with Crippen molar-refractivity contribution in [2.75, 3.05) is 6.61 Å². The highest BCUT2D eigenvalue weighted by atomic mass is 16.5. The van der Waals surface area contributed by atoms with Gasteiger partial charge in [-0.2, -0.15) is 0 Å². The first-order valence-corrected chi connectivity index (χ1v) is 6.91. The first-order chi connectivity index (χ1) is 9.16. The average molecular weight is 263 g/mol. The van der Waals surface area contributed by atoms with Gasteiger partial charge in [-0.25, -0.2) is 9.78 Å². The van der Waals surface area contributed by atoms with Gasteiger partial charge in [0.15, 0.2) is 5.69 Å². The van der Waals surface area contributed by atoms with E-state index in [4.69, 9.17) is 9.84 Å². The lowest BCUT2D eigenvalue weighted by atomic mass is 9.83. The van der Waals surface area contributed by atoms with Crippen LogP contribution < -0.4 is 0 Å². The van der Waals surface area contributed by atoms with Crippen molar-refractivity contribution in [2.45, 2.75) is 39.2 Å². The SMILES string of the molecule is CC1CCCC(COCc2cccnc2C(=O)O)C1. The monoisotopic (exact) mass is 263 g/mol. The molecule has 2 atom stereocenters. The number of pyridine rings is 1. The van der Waals surface area contributed by atoms with Gasteiger partial charge in [0.05, 0.1) is 6.61 Å². The number of aromatic carboxylic acids is 1. The number of nitrogens with zero attached hydrogens (tertiary/aromatic N) is 1. The summed E-state index contributed by atoms with van der Waals surface area (Å²) < 4.78 is 5.70. The van der Waals surface area contributed by atoms with E-state index in [0.717, 1.165) is 12.5 Å². The van der Waals surface area contributed by atoms with E-state index in [0.29, 0.717) is 18.1 Å². The summed E-state index contributed by atoms with van der Waals surface area (Å²) in [5, 5.41) is 9.03. The van der Waals surface area contributed by atoms with Gasteiger partial charge in [-0.15, -0.1) is 0 Å². The van der Waals surface area contributed by atoms with Crippen molar-refractivity contribution >= 4 is 5.97 Å². The number of hydrogen-bond acceptors (Lipinski definition) is 3. The van der Waals surface area contributed by atoms with Crippen molar-refractivity contribution in [3.05, 3.63) is 29.6 Å². The molecule has 1 N–H and O–H groups in total. The Bertz CT molecular complexity index is 433. The largest absolute Gasteiger partial charge is 0.477 e. The number of hydrogen-bond donors (Lipinski definition) is 1. The minimum atomic E-state index is -0.995. The number of ether oxygens (including phenoxy) is 1. The first-order valence-electron chi connectivity index (χ1n) is 6.91. The number of rotatable bonds is 5. The van der Waals surface area contributed by atoms with Crippen LogP contribution in [0.3, 0.4) is 0 Å². The Morgan fingerprint density at radius 2 is 2.37 bits per heavy atom. The average Bonchev–Trinajstić information content (AvgIpc) is 2.39. The zero-order valence-electron chi connectivity index (χ0n) is 11.3. The minimum absolute atomic E-state index is 0.0968. The quantitative estimate of drug-likeness (QED) is 0.886. The zero-order chi connectivity index (χ0) is 13.7. The molecule has 4 heteroatoms. The van der Waals surface area contributed by atoms with Crippen molar-refractivity contribution in [3.63, 3.8) is 0 Å². The van der Waals surface area contributed by atoms with Gasteiger partial charge in [-0.05, 0) is 30.7 Å². The molecule has 2 rings (SSSR count). The fourth-order valence-electron chi connectivity index (χ4n) is 2.79. The van der Waals surface area contributed by atoms with E-state index in [1.54, 1.807) is 12.1 Å². The van der Waals surface area contributed by atoms with Crippen molar-refractivity contribution in [3.8, 4) is 0 Å². The minimum Gasteiger partial charge on any atom is -0.477 e. The lowest BCUT2D eigenvalue weighted by Gasteiger charge is -2.26. The molecule has 1 saturated carbocycles. The van der Waals surface area contributed by atoms with Crippen LogP contribution in [0.25, 0.3) is 0 Å². The van der Waals surface area contributed by atoms with Crippen LogP contribution in [-0.2, 0) is 11.3 Å². The van der Waals surface area contributed by atoms with E-state index in [2.05, 4.69) is 11.9 Å². The molecule has 1 fully saturated rings. The Labute approximate surface area is 113 Å². The second kappa shape index (κ2) is 6.66. The molecule has 19 heavy (non-hydrogen) atoms. The molecule has 2 unspecified atom stereocenters. The Hall–Kier alpha value is -1.42. The van der Waals surface area contributed by atoms with Gasteiger partial charge in [-0.1, -0.05) is 25.8 Å². The summed E-state index contributed by atoms with van der Waals surface area (Å²) in [5.74, 6) is 0.412. The fraction of sp³-hybridized carbons (Fsp3) is 0.600. The van der Waals surface area contributed by atoms with Crippen molar-refractivity contribution in [2.24, 2.45) is 11.8 Å². The third-order valence-corrected chi connectivity index (χ3v) is 3.75. The predicted molar refractivity (Wildman–Crippen MR) is 72.0 cm³/mol. The normalized spacial score (nSPS) is 23.2. The summed E-state index contributed by atoms with van der Waals surface area (Å²) in [6, 6.07) is 3.51. The van der Waals surface area contributed by atoms with Crippen molar-refractivity contribution < 1.29 is 14.6 Å². The van der Waals surface area contributed by atoms with Gasteiger partial charge < -0.3 is 9.84 Å². The van der Waals surface area contributed by atoms with E-state index < -0.39 is 5.97 Å². The highest BCUT2D eigenvalue weighted by Crippen LogP contribution is 2.28. The maximum Gasteiger partial charge on any atom is 0.354 e. The smallest absolute Gasteiger partial charge is 0.354 e. The van der Waals surface area contributed by atoms with Crippen LogP contribution in [0.1, 0.15) is 48.7 Å². The Morgan fingerprint density at radius 1 is 1.53 bits per heavy atom. The van der Waals surface area contributed by atoms with Gasteiger partial charge in [0.2, 0.25) is 0 Å². The topological polar surface area (TPSA) is 59.4 Å². The van der Waals surface area contributed by atoms with E-state index in [-0.39, 0.29) is 5.69 Å². The highest BCUT2D eigenvalue weighted by Gasteiger charge is 2.19. The third-order valence-electron chi connectivity index (χ3n) is 3.75. The maximum atomic E-state index is 11.0. The molecule has 1 aromatic heterocycles. The predicted octanol–water partition coefficient (Wildman–Crippen LogP) is 3.12. The molecule has 4 nitrogen and oxygen atoms in total. The molecule has 1 aliphatic rings. The van der Waals surface area contributed by atoms with Crippen LogP contribution in [0.5, 0.6) is 0 Å². The Balaban J connectivity index is 1.84. The molecule has 0 radical (unpaired) electrons. The molecular formula is C15H21NO3. The summed E-state index contributed by atoms with van der Waals surface area (Å²) in [6.07, 6.45) is 6.54. The highest BCUT2D eigenvalue weighted by molar-refractivity contribution is 5.86. The maximum absolute atomic E-state index is 11.0. The van der Waals surface area contributed by atoms with Gasteiger partial charge in [0.1, 0.15) is 0 Å². The summed E-state index contributed by atoms with van der Waals surface area (Å²) in [5.41, 5.74) is 0.748. The number of carboxylic acids is 1. The fourth-order valence-corrected chi connectivity index (χ4v) is 2.79. The number of carboxylic acid groups (broad SMARTS) is 1. The van der Waals surface area contributed by atoms with Gasteiger partial charge in [0.25, 0.3) is 0 Å². The lowest BCUT2D eigenvalue weighted by molar-refractivity contribution is 0.0609. The second-order valence-electron chi connectivity index (χ2n) is 5.47. The molecule has 0 aromatic carbocycles. The van der Waals surface area contributed by atoms with Gasteiger partial charge in [-0.3, -0.25) is 0 Å².